The maximum absolute atomic E-state index is 8.25. The van der Waals surface area contributed by atoms with Crippen molar-refractivity contribution in [1.82, 2.24) is 10.1 Å². The number of hydrogen-bond acceptors (Lipinski definition) is 5. The normalized spacial score (nSPS) is 10.9. The molecule has 0 aliphatic carbocycles. The molecule has 0 saturated heterocycles. The first-order valence-electron chi connectivity index (χ1n) is 3.97. The Bertz CT molecular complexity index is 436. The molecule has 1 N–H and O–H groups in total. The van der Waals surface area contributed by atoms with Crippen molar-refractivity contribution in [3.05, 3.63) is 36.2 Å². The van der Waals surface area contributed by atoms with Crippen molar-refractivity contribution in [1.29, 1.82) is 0 Å². The maximum Gasteiger partial charge on any atom is 0.258 e. The monoisotopic (exact) mass is 189 g/mol. The van der Waals surface area contributed by atoms with Crippen LogP contribution < -0.4 is 0 Å². The van der Waals surface area contributed by atoms with Crippen molar-refractivity contribution in [2.24, 2.45) is 5.16 Å². The van der Waals surface area contributed by atoms with Crippen molar-refractivity contribution < 1.29 is 9.73 Å². The van der Waals surface area contributed by atoms with Gasteiger partial charge in [0, 0.05) is 5.56 Å². The fraction of sp³-hybridized carbons (Fsp3) is 0. The highest BCUT2D eigenvalue weighted by Gasteiger charge is 2.05. The first-order valence-corrected chi connectivity index (χ1v) is 3.97. The molecule has 0 aliphatic rings. The molecule has 0 saturated carbocycles. The average molecular weight is 189 g/mol. The van der Waals surface area contributed by atoms with Crippen molar-refractivity contribution in [3.8, 4) is 11.5 Å². The molecule has 0 atom stereocenters. The Hall–Kier alpha value is -2.17. The van der Waals surface area contributed by atoms with Gasteiger partial charge < -0.3 is 9.73 Å². The second-order valence-corrected chi connectivity index (χ2v) is 2.57. The molecule has 1 aromatic carbocycles. The van der Waals surface area contributed by atoms with Gasteiger partial charge in [-0.25, -0.2) is 0 Å². The fourth-order valence-corrected chi connectivity index (χ4v) is 1.04. The molecule has 0 bridgehead atoms. The van der Waals surface area contributed by atoms with Gasteiger partial charge in [0.1, 0.15) is 6.21 Å². The molecule has 0 spiro atoms. The lowest BCUT2D eigenvalue weighted by molar-refractivity contribution is 0.321. The first-order chi connectivity index (χ1) is 6.90. The zero-order valence-corrected chi connectivity index (χ0v) is 7.16. The summed E-state index contributed by atoms with van der Waals surface area (Å²) in [5.41, 5.74) is 0.831. The van der Waals surface area contributed by atoms with Crippen LogP contribution in [0.15, 0.2) is 40.0 Å². The highest BCUT2D eigenvalue weighted by Crippen LogP contribution is 2.15. The van der Waals surface area contributed by atoms with E-state index >= 15 is 0 Å². The first kappa shape index (κ1) is 8.43. The van der Waals surface area contributed by atoms with Crippen molar-refractivity contribution >= 4 is 6.21 Å². The molecule has 5 nitrogen and oxygen atoms in total. The zero-order chi connectivity index (χ0) is 9.80. The standard InChI is InChI=1S/C9H7N3O2/c13-10-6-8-11-9(14-12-8)7-4-2-1-3-5-7/h1-6,13H/b10-6-. The lowest BCUT2D eigenvalue weighted by Gasteiger charge is -1.89. The van der Waals surface area contributed by atoms with E-state index in [4.69, 9.17) is 9.73 Å². The molecule has 0 radical (unpaired) electrons. The highest BCUT2D eigenvalue weighted by atomic mass is 16.5. The van der Waals surface area contributed by atoms with Crippen LogP contribution in [0.3, 0.4) is 0 Å². The number of oxime groups is 1. The molecule has 70 valence electrons. The summed E-state index contributed by atoms with van der Waals surface area (Å²) in [5.74, 6) is 0.645. The molecule has 0 unspecified atom stereocenters. The lowest BCUT2D eigenvalue weighted by Crippen LogP contribution is -1.83. The lowest BCUT2D eigenvalue weighted by atomic mass is 10.2. The van der Waals surface area contributed by atoms with Crippen LogP contribution in [0.5, 0.6) is 0 Å². The van der Waals surface area contributed by atoms with Crippen LogP contribution in [-0.4, -0.2) is 21.6 Å². The predicted molar refractivity (Wildman–Crippen MR) is 49.1 cm³/mol. The van der Waals surface area contributed by atoms with Gasteiger partial charge in [-0.2, -0.15) is 4.98 Å². The van der Waals surface area contributed by atoms with Crippen LogP contribution in [0, 0.1) is 0 Å². The Kier molecular flexibility index (Phi) is 2.22. The smallest absolute Gasteiger partial charge is 0.258 e. The molecule has 0 aliphatic heterocycles. The van der Waals surface area contributed by atoms with Gasteiger partial charge in [0.2, 0.25) is 5.82 Å². The van der Waals surface area contributed by atoms with Gasteiger partial charge >= 0.3 is 0 Å². The summed E-state index contributed by atoms with van der Waals surface area (Å²) in [4.78, 5) is 3.98. The topological polar surface area (TPSA) is 71.5 Å². The second kappa shape index (κ2) is 3.69. The summed E-state index contributed by atoms with van der Waals surface area (Å²) >= 11 is 0. The van der Waals surface area contributed by atoms with Gasteiger partial charge in [-0.3, -0.25) is 0 Å². The van der Waals surface area contributed by atoms with Gasteiger partial charge in [0.25, 0.3) is 5.89 Å². The third-order valence-electron chi connectivity index (χ3n) is 1.64. The Balaban J connectivity index is 2.34. The Morgan fingerprint density at radius 3 is 2.79 bits per heavy atom. The summed E-state index contributed by atoms with van der Waals surface area (Å²) in [6.07, 6.45) is 1.11. The molecule has 0 amide bonds. The van der Waals surface area contributed by atoms with E-state index in [0.29, 0.717) is 5.89 Å². The number of benzene rings is 1. The van der Waals surface area contributed by atoms with Crippen LogP contribution in [0.1, 0.15) is 5.82 Å². The Morgan fingerprint density at radius 1 is 1.29 bits per heavy atom. The third kappa shape index (κ3) is 1.61. The number of nitrogens with zero attached hydrogens (tertiary/aromatic N) is 3. The van der Waals surface area contributed by atoms with Crippen molar-refractivity contribution in [2.75, 3.05) is 0 Å². The summed E-state index contributed by atoms with van der Waals surface area (Å²) < 4.78 is 4.94. The van der Waals surface area contributed by atoms with Crippen LogP contribution in [0.2, 0.25) is 0 Å². The van der Waals surface area contributed by atoms with Gasteiger partial charge in [-0.1, -0.05) is 28.5 Å². The summed E-state index contributed by atoms with van der Waals surface area (Å²) in [6, 6.07) is 9.36. The SMILES string of the molecule is O/N=C\c1noc(-c2ccccc2)n1. The van der Waals surface area contributed by atoms with Crippen LogP contribution in [0.4, 0.5) is 0 Å². The Morgan fingerprint density at radius 2 is 2.07 bits per heavy atom. The van der Waals surface area contributed by atoms with Gasteiger partial charge in [0.05, 0.1) is 0 Å². The fourth-order valence-electron chi connectivity index (χ4n) is 1.04. The molecule has 1 heterocycles. The molecular weight excluding hydrogens is 182 g/mol. The zero-order valence-electron chi connectivity index (χ0n) is 7.16. The quantitative estimate of drug-likeness (QED) is 0.442. The third-order valence-corrected chi connectivity index (χ3v) is 1.64. The van der Waals surface area contributed by atoms with Crippen molar-refractivity contribution in [3.63, 3.8) is 0 Å². The Labute approximate surface area is 79.7 Å². The maximum atomic E-state index is 8.25. The molecular formula is C9H7N3O2. The molecule has 14 heavy (non-hydrogen) atoms. The van der Waals surface area contributed by atoms with Crippen molar-refractivity contribution in [2.45, 2.75) is 0 Å². The molecule has 2 rings (SSSR count). The van der Waals surface area contributed by atoms with E-state index in [9.17, 15) is 0 Å². The van der Waals surface area contributed by atoms with Crippen LogP contribution >= 0.6 is 0 Å². The summed E-state index contributed by atoms with van der Waals surface area (Å²) in [7, 11) is 0. The average Bonchev–Trinajstić information content (AvgIpc) is 2.68. The highest BCUT2D eigenvalue weighted by molar-refractivity contribution is 5.74. The summed E-state index contributed by atoms with van der Waals surface area (Å²) in [6.45, 7) is 0. The van der Waals surface area contributed by atoms with Crippen LogP contribution in [0.25, 0.3) is 11.5 Å². The minimum absolute atomic E-state index is 0.242. The van der Waals surface area contributed by atoms with Gasteiger partial charge in [0.15, 0.2) is 0 Å². The molecule has 1 aromatic heterocycles. The van der Waals surface area contributed by atoms with E-state index in [1.54, 1.807) is 0 Å². The second-order valence-electron chi connectivity index (χ2n) is 2.57. The molecule has 5 heteroatoms. The summed E-state index contributed by atoms with van der Waals surface area (Å²) in [5, 5.41) is 14.6. The number of hydrogen-bond donors (Lipinski definition) is 1. The number of rotatable bonds is 2. The van der Waals surface area contributed by atoms with E-state index < -0.39 is 0 Å². The minimum atomic E-state index is 0.242. The molecule has 2 aromatic rings. The predicted octanol–water partition coefficient (Wildman–Crippen LogP) is 1.54. The van der Waals surface area contributed by atoms with E-state index in [2.05, 4.69) is 15.3 Å². The van der Waals surface area contributed by atoms with E-state index in [1.165, 1.54) is 0 Å². The van der Waals surface area contributed by atoms with E-state index in [0.717, 1.165) is 11.8 Å². The minimum Gasteiger partial charge on any atom is -0.411 e. The van der Waals surface area contributed by atoms with E-state index in [-0.39, 0.29) is 5.82 Å². The van der Waals surface area contributed by atoms with E-state index in [1.807, 2.05) is 30.3 Å². The van der Waals surface area contributed by atoms with Crippen LogP contribution in [-0.2, 0) is 0 Å². The largest absolute Gasteiger partial charge is 0.411 e. The van der Waals surface area contributed by atoms with Gasteiger partial charge in [-0.05, 0) is 12.1 Å². The number of aromatic nitrogens is 2. The molecule has 0 fully saturated rings. The van der Waals surface area contributed by atoms with Gasteiger partial charge in [-0.15, -0.1) is 0 Å².